The molecule has 0 heterocycles. The predicted molar refractivity (Wildman–Crippen MR) is 81.9 cm³/mol. The first-order valence-electron chi connectivity index (χ1n) is 7.01. The molecule has 1 aromatic carbocycles. The molecule has 3 heteroatoms. The second kappa shape index (κ2) is 7.51. The minimum atomic E-state index is 0.511. The zero-order valence-corrected chi connectivity index (χ0v) is 13.2. The van der Waals surface area contributed by atoms with E-state index < -0.39 is 0 Å². The summed E-state index contributed by atoms with van der Waals surface area (Å²) in [7, 11) is 4.12. The number of hydrogen-bond donors (Lipinski definition) is 1. The highest BCUT2D eigenvalue weighted by Crippen LogP contribution is 2.24. The molecule has 0 saturated carbocycles. The molecule has 0 spiro atoms. The fourth-order valence-corrected chi connectivity index (χ4v) is 2.02. The van der Waals surface area contributed by atoms with Crippen molar-refractivity contribution in [2.75, 3.05) is 27.2 Å². The lowest BCUT2D eigenvalue weighted by molar-refractivity contribution is 0.259. The molecule has 1 N–H and O–H groups in total. The van der Waals surface area contributed by atoms with Crippen LogP contribution in [0.15, 0.2) is 12.1 Å². The second-order valence-electron chi connectivity index (χ2n) is 5.75. The molecule has 0 unspecified atom stereocenters. The highest BCUT2D eigenvalue weighted by molar-refractivity contribution is 5.43. The molecule has 0 radical (unpaired) electrons. The molecule has 0 saturated heterocycles. The molecule has 0 aliphatic rings. The van der Waals surface area contributed by atoms with Crippen LogP contribution >= 0.6 is 0 Å². The molecule has 108 valence electrons. The van der Waals surface area contributed by atoms with Crippen molar-refractivity contribution in [1.29, 1.82) is 0 Å². The van der Waals surface area contributed by atoms with E-state index in [1.54, 1.807) is 0 Å². The molecule has 19 heavy (non-hydrogen) atoms. The Labute approximate surface area is 118 Å². The van der Waals surface area contributed by atoms with Crippen molar-refractivity contribution in [1.82, 2.24) is 10.2 Å². The molecule has 0 aromatic heterocycles. The van der Waals surface area contributed by atoms with Crippen molar-refractivity contribution in [3.8, 4) is 5.75 Å². The van der Waals surface area contributed by atoms with Gasteiger partial charge in [-0.15, -0.1) is 0 Å². The van der Waals surface area contributed by atoms with Gasteiger partial charge in [0, 0.05) is 19.1 Å². The number of hydrogen-bond acceptors (Lipinski definition) is 3. The van der Waals surface area contributed by atoms with E-state index >= 15 is 0 Å². The molecular weight excluding hydrogens is 236 g/mol. The van der Waals surface area contributed by atoms with Gasteiger partial charge in [0.05, 0.1) is 0 Å². The third-order valence-corrected chi connectivity index (χ3v) is 3.02. The fourth-order valence-electron chi connectivity index (χ4n) is 2.02. The number of ether oxygens (including phenoxy) is 1. The molecule has 1 rings (SSSR count). The Morgan fingerprint density at radius 1 is 1.16 bits per heavy atom. The van der Waals surface area contributed by atoms with E-state index in [4.69, 9.17) is 4.74 Å². The minimum absolute atomic E-state index is 0.511. The number of nitrogens with one attached hydrogen (secondary N) is 1. The molecule has 0 bridgehead atoms. The van der Waals surface area contributed by atoms with E-state index in [1.807, 2.05) is 0 Å². The van der Waals surface area contributed by atoms with E-state index in [0.717, 1.165) is 25.4 Å². The molecule has 0 fully saturated rings. The second-order valence-corrected chi connectivity index (χ2v) is 5.75. The summed E-state index contributed by atoms with van der Waals surface area (Å²) in [6.45, 7) is 11.2. The lowest BCUT2D eigenvalue weighted by Crippen LogP contribution is -2.22. The normalized spacial score (nSPS) is 11.4. The number of aryl methyl sites for hydroxylation is 2. The standard InChI is InChI=1S/C16H28N2O/c1-12(2)17-11-15-9-13(3)16(14(4)10-15)19-8-7-18(5)6/h9-10,12,17H,7-8,11H2,1-6H3. The Balaban J connectivity index is 2.68. The van der Waals surface area contributed by atoms with Crippen molar-refractivity contribution < 1.29 is 4.74 Å². The Hall–Kier alpha value is -1.06. The largest absolute Gasteiger partial charge is 0.492 e. The van der Waals surface area contributed by atoms with Gasteiger partial charge in [-0.1, -0.05) is 26.0 Å². The van der Waals surface area contributed by atoms with E-state index in [0.29, 0.717) is 6.04 Å². The van der Waals surface area contributed by atoms with Gasteiger partial charge >= 0.3 is 0 Å². The van der Waals surface area contributed by atoms with Crippen LogP contribution in [0, 0.1) is 13.8 Å². The average Bonchev–Trinajstić information content (AvgIpc) is 2.29. The molecule has 0 aliphatic heterocycles. The highest BCUT2D eigenvalue weighted by atomic mass is 16.5. The van der Waals surface area contributed by atoms with Gasteiger partial charge < -0.3 is 15.0 Å². The number of likely N-dealkylation sites (N-methyl/N-ethyl adjacent to an activating group) is 1. The lowest BCUT2D eigenvalue weighted by Gasteiger charge is -2.16. The van der Waals surface area contributed by atoms with Crippen LogP contribution in [0.5, 0.6) is 5.75 Å². The van der Waals surface area contributed by atoms with Crippen LogP contribution in [0.25, 0.3) is 0 Å². The molecule has 0 atom stereocenters. The topological polar surface area (TPSA) is 24.5 Å². The summed E-state index contributed by atoms with van der Waals surface area (Å²) in [6.07, 6.45) is 0. The smallest absolute Gasteiger partial charge is 0.125 e. The Kier molecular flexibility index (Phi) is 6.32. The van der Waals surface area contributed by atoms with Gasteiger partial charge in [-0.05, 0) is 44.6 Å². The van der Waals surface area contributed by atoms with E-state index in [-0.39, 0.29) is 0 Å². The third kappa shape index (κ3) is 5.62. The first-order valence-corrected chi connectivity index (χ1v) is 7.01. The number of rotatable bonds is 7. The van der Waals surface area contributed by atoms with E-state index in [2.05, 4.69) is 64.1 Å². The highest BCUT2D eigenvalue weighted by Gasteiger charge is 2.07. The number of benzene rings is 1. The maximum atomic E-state index is 5.90. The summed E-state index contributed by atoms with van der Waals surface area (Å²) in [5, 5.41) is 3.45. The van der Waals surface area contributed by atoms with E-state index in [1.165, 1.54) is 16.7 Å². The van der Waals surface area contributed by atoms with Crippen LogP contribution in [0.2, 0.25) is 0 Å². The van der Waals surface area contributed by atoms with Crippen molar-refractivity contribution in [2.45, 2.75) is 40.3 Å². The molecule has 0 amide bonds. The van der Waals surface area contributed by atoms with Crippen LogP contribution in [0.3, 0.4) is 0 Å². The van der Waals surface area contributed by atoms with Gasteiger partial charge in [0.15, 0.2) is 0 Å². The Morgan fingerprint density at radius 2 is 1.74 bits per heavy atom. The Morgan fingerprint density at radius 3 is 2.21 bits per heavy atom. The van der Waals surface area contributed by atoms with Gasteiger partial charge in [0.25, 0.3) is 0 Å². The molecule has 1 aromatic rings. The van der Waals surface area contributed by atoms with Crippen LogP contribution in [0.4, 0.5) is 0 Å². The lowest BCUT2D eigenvalue weighted by atomic mass is 10.1. The zero-order chi connectivity index (χ0) is 14.4. The summed E-state index contributed by atoms with van der Waals surface area (Å²) in [5.41, 5.74) is 3.77. The summed E-state index contributed by atoms with van der Waals surface area (Å²) >= 11 is 0. The summed E-state index contributed by atoms with van der Waals surface area (Å²) in [4.78, 5) is 2.13. The maximum Gasteiger partial charge on any atom is 0.125 e. The average molecular weight is 264 g/mol. The van der Waals surface area contributed by atoms with Crippen LogP contribution in [-0.2, 0) is 6.54 Å². The van der Waals surface area contributed by atoms with Crippen LogP contribution < -0.4 is 10.1 Å². The minimum Gasteiger partial charge on any atom is -0.492 e. The van der Waals surface area contributed by atoms with Gasteiger partial charge in [0.2, 0.25) is 0 Å². The maximum absolute atomic E-state index is 5.90. The summed E-state index contributed by atoms with van der Waals surface area (Å²) in [6, 6.07) is 4.94. The SMILES string of the molecule is Cc1cc(CNC(C)C)cc(C)c1OCCN(C)C. The van der Waals surface area contributed by atoms with E-state index in [9.17, 15) is 0 Å². The molecular formula is C16H28N2O. The first-order chi connectivity index (χ1) is 8.90. The number of nitrogens with zero attached hydrogens (tertiary/aromatic N) is 1. The van der Waals surface area contributed by atoms with Crippen molar-refractivity contribution in [3.63, 3.8) is 0 Å². The van der Waals surface area contributed by atoms with Crippen molar-refractivity contribution in [2.24, 2.45) is 0 Å². The van der Waals surface area contributed by atoms with Crippen LogP contribution in [0.1, 0.15) is 30.5 Å². The van der Waals surface area contributed by atoms with Crippen molar-refractivity contribution >= 4 is 0 Å². The monoisotopic (exact) mass is 264 g/mol. The first kappa shape index (κ1) is 16.0. The van der Waals surface area contributed by atoms with Crippen LogP contribution in [-0.4, -0.2) is 38.2 Å². The zero-order valence-electron chi connectivity index (χ0n) is 13.2. The molecule has 3 nitrogen and oxygen atoms in total. The van der Waals surface area contributed by atoms with Gasteiger partial charge in [0.1, 0.15) is 12.4 Å². The predicted octanol–water partition coefficient (Wildman–Crippen LogP) is 2.74. The summed E-state index contributed by atoms with van der Waals surface area (Å²) in [5.74, 6) is 1.04. The Bertz CT molecular complexity index is 377. The third-order valence-electron chi connectivity index (χ3n) is 3.02. The molecule has 0 aliphatic carbocycles. The summed E-state index contributed by atoms with van der Waals surface area (Å²) < 4.78 is 5.90. The van der Waals surface area contributed by atoms with Gasteiger partial charge in [-0.25, -0.2) is 0 Å². The van der Waals surface area contributed by atoms with Gasteiger partial charge in [-0.2, -0.15) is 0 Å². The van der Waals surface area contributed by atoms with Gasteiger partial charge in [-0.3, -0.25) is 0 Å². The quantitative estimate of drug-likeness (QED) is 0.819. The van der Waals surface area contributed by atoms with Crippen molar-refractivity contribution in [3.05, 3.63) is 28.8 Å². The fraction of sp³-hybridized carbons (Fsp3) is 0.625.